The molecule has 2 aromatic rings. The van der Waals surface area contributed by atoms with Gasteiger partial charge in [0, 0.05) is 38.1 Å². The summed E-state index contributed by atoms with van der Waals surface area (Å²) in [4.78, 5) is 41.2. The first-order valence-corrected chi connectivity index (χ1v) is 12.5. The number of anilines is 4. The molecule has 2 atom stereocenters. The SMILES string of the molecule is CC[C@H](Nc1nc(NCC[C@H](Nc2nc(NC)ncc2C(N)=O)C(C)(C)C)ncc1C(N)=O)C(C)(C)C. The fourth-order valence-corrected chi connectivity index (χ4v) is 3.86. The summed E-state index contributed by atoms with van der Waals surface area (Å²) in [7, 11) is 1.70. The van der Waals surface area contributed by atoms with Crippen LogP contribution in [0.4, 0.5) is 23.5 Å². The van der Waals surface area contributed by atoms with Gasteiger partial charge < -0.3 is 32.7 Å². The molecule has 0 saturated carbocycles. The van der Waals surface area contributed by atoms with Crippen LogP contribution in [0.25, 0.3) is 0 Å². The van der Waals surface area contributed by atoms with Crippen LogP contribution in [0.5, 0.6) is 0 Å². The summed E-state index contributed by atoms with van der Waals surface area (Å²) in [5, 5.41) is 12.9. The van der Waals surface area contributed by atoms with E-state index in [9.17, 15) is 9.59 Å². The number of nitrogens with two attached hydrogens (primary N) is 2. The number of primary amides is 2. The van der Waals surface area contributed by atoms with Gasteiger partial charge in [-0.25, -0.2) is 9.97 Å². The molecular formula is C25H42N10O2. The Morgan fingerprint density at radius 2 is 1.30 bits per heavy atom. The van der Waals surface area contributed by atoms with Gasteiger partial charge in [-0.3, -0.25) is 9.59 Å². The monoisotopic (exact) mass is 514 g/mol. The summed E-state index contributed by atoms with van der Waals surface area (Å²) >= 11 is 0. The van der Waals surface area contributed by atoms with Crippen molar-refractivity contribution in [3.63, 3.8) is 0 Å². The third-order valence-corrected chi connectivity index (χ3v) is 6.17. The van der Waals surface area contributed by atoms with Crippen molar-refractivity contribution < 1.29 is 9.59 Å². The number of aromatic nitrogens is 4. The van der Waals surface area contributed by atoms with Crippen molar-refractivity contribution in [2.24, 2.45) is 22.3 Å². The molecule has 0 aliphatic heterocycles. The van der Waals surface area contributed by atoms with E-state index in [0.29, 0.717) is 36.5 Å². The minimum absolute atomic E-state index is 0.0499. The maximum atomic E-state index is 12.0. The van der Waals surface area contributed by atoms with E-state index in [2.05, 4.69) is 89.7 Å². The Kier molecular flexibility index (Phi) is 9.60. The van der Waals surface area contributed by atoms with E-state index in [1.54, 1.807) is 7.05 Å². The smallest absolute Gasteiger partial charge is 0.254 e. The van der Waals surface area contributed by atoms with Gasteiger partial charge in [0.15, 0.2) is 0 Å². The molecule has 37 heavy (non-hydrogen) atoms. The predicted octanol–water partition coefficient (Wildman–Crippen LogP) is 3.07. The third kappa shape index (κ3) is 8.16. The van der Waals surface area contributed by atoms with Crippen LogP contribution in [0.1, 0.15) is 82.0 Å². The first-order valence-electron chi connectivity index (χ1n) is 12.5. The Balaban J connectivity index is 2.22. The van der Waals surface area contributed by atoms with E-state index in [0.717, 1.165) is 6.42 Å². The van der Waals surface area contributed by atoms with E-state index in [1.165, 1.54) is 12.4 Å². The van der Waals surface area contributed by atoms with Crippen molar-refractivity contribution in [3.8, 4) is 0 Å². The van der Waals surface area contributed by atoms with Crippen molar-refractivity contribution in [1.82, 2.24) is 19.9 Å². The summed E-state index contributed by atoms with van der Waals surface area (Å²) in [5.74, 6) is 0.325. The largest absolute Gasteiger partial charge is 0.366 e. The molecule has 0 unspecified atom stereocenters. The second-order valence-corrected chi connectivity index (χ2v) is 11.1. The van der Waals surface area contributed by atoms with E-state index < -0.39 is 11.8 Å². The van der Waals surface area contributed by atoms with Gasteiger partial charge in [0.25, 0.3) is 11.8 Å². The van der Waals surface area contributed by atoms with Crippen LogP contribution in [-0.2, 0) is 0 Å². The van der Waals surface area contributed by atoms with Crippen molar-refractivity contribution in [1.29, 1.82) is 0 Å². The fraction of sp³-hybridized carbons (Fsp3) is 0.600. The average Bonchev–Trinajstić information content (AvgIpc) is 2.80. The summed E-state index contributed by atoms with van der Waals surface area (Å²) in [6.07, 6.45) is 4.34. The Bertz CT molecular complexity index is 1090. The second-order valence-electron chi connectivity index (χ2n) is 11.1. The van der Waals surface area contributed by atoms with Gasteiger partial charge in [0.05, 0.1) is 11.1 Å². The molecule has 12 heteroatoms. The van der Waals surface area contributed by atoms with Gasteiger partial charge in [-0.1, -0.05) is 48.5 Å². The molecule has 8 N–H and O–H groups in total. The van der Waals surface area contributed by atoms with Gasteiger partial charge in [0.2, 0.25) is 11.9 Å². The molecule has 0 aromatic carbocycles. The normalized spacial score (nSPS) is 13.4. The third-order valence-electron chi connectivity index (χ3n) is 6.17. The molecule has 0 saturated heterocycles. The number of nitrogens with one attached hydrogen (secondary N) is 4. The molecule has 0 aliphatic carbocycles. The van der Waals surface area contributed by atoms with Crippen molar-refractivity contribution in [2.75, 3.05) is 34.9 Å². The summed E-state index contributed by atoms with van der Waals surface area (Å²) in [6, 6.07) is -0.0109. The highest BCUT2D eigenvalue weighted by molar-refractivity contribution is 5.98. The highest BCUT2D eigenvalue weighted by Crippen LogP contribution is 2.28. The zero-order valence-electron chi connectivity index (χ0n) is 23.2. The van der Waals surface area contributed by atoms with Crippen molar-refractivity contribution >= 4 is 35.3 Å². The lowest BCUT2D eigenvalue weighted by molar-refractivity contribution is 0.0991. The fourth-order valence-electron chi connectivity index (χ4n) is 3.86. The van der Waals surface area contributed by atoms with Crippen LogP contribution in [-0.4, -0.2) is 57.4 Å². The van der Waals surface area contributed by atoms with Gasteiger partial charge in [-0.15, -0.1) is 0 Å². The van der Waals surface area contributed by atoms with E-state index in [-0.39, 0.29) is 34.0 Å². The minimum Gasteiger partial charge on any atom is -0.366 e. The molecule has 2 rings (SSSR count). The number of carbonyl (C=O) groups excluding carboxylic acids is 2. The highest BCUT2D eigenvalue weighted by atomic mass is 16.1. The van der Waals surface area contributed by atoms with Crippen LogP contribution in [0.2, 0.25) is 0 Å². The number of carbonyl (C=O) groups is 2. The van der Waals surface area contributed by atoms with E-state index in [4.69, 9.17) is 11.5 Å². The van der Waals surface area contributed by atoms with Crippen molar-refractivity contribution in [3.05, 3.63) is 23.5 Å². The quantitative estimate of drug-likeness (QED) is 0.246. The molecule has 0 aliphatic rings. The van der Waals surface area contributed by atoms with Gasteiger partial charge in [-0.2, -0.15) is 9.97 Å². The molecular weight excluding hydrogens is 472 g/mol. The molecule has 0 radical (unpaired) electrons. The number of hydrogen-bond acceptors (Lipinski definition) is 10. The molecule has 12 nitrogen and oxygen atoms in total. The average molecular weight is 515 g/mol. The van der Waals surface area contributed by atoms with Crippen LogP contribution in [0.15, 0.2) is 12.4 Å². The standard InChI is InChI=1S/C25H42N10O2/c1-9-16(24(2,3)4)32-20-15(19(27)37)13-31-23(35-20)29-11-10-17(25(5,6)7)33-21-14(18(26)36)12-30-22(28-8)34-21/h12-13,16-17H,9-11H2,1-8H3,(H2,26,36)(H2,27,37)(H2,28,30,33,34)(H2,29,31,32,35)/t16-,17-/m0/s1. The number of amides is 2. The van der Waals surface area contributed by atoms with Crippen LogP contribution >= 0.6 is 0 Å². The predicted molar refractivity (Wildman–Crippen MR) is 148 cm³/mol. The first kappa shape index (κ1) is 29.5. The first-order chi connectivity index (χ1) is 17.2. The van der Waals surface area contributed by atoms with Gasteiger partial charge >= 0.3 is 0 Å². The van der Waals surface area contributed by atoms with Crippen molar-refractivity contribution in [2.45, 2.75) is 73.4 Å². The Hall–Kier alpha value is -3.70. The summed E-state index contributed by atoms with van der Waals surface area (Å²) in [5.41, 5.74) is 11.3. The summed E-state index contributed by atoms with van der Waals surface area (Å²) in [6.45, 7) is 15.2. The zero-order chi connectivity index (χ0) is 28.0. The lowest BCUT2D eigenvalue weighted by atomic mass is 9.84. The number of nitrogens with zero attached hydrogens (tertiary/aromatic N) is 4. The van der Waals surface area contributed by atoms with Gasteiger partial charge in [-0.05, 0) is 23.7 Å². The Labute approximate surface area is 219 Å². The Morgan fingerprint density at radius 1 is 0.838 bits per heavy atom. The molecule has 0 fully saturated rings. The molecule has 0 bridgehead atoms. The van der Waals surface area contributed by atoms with Gasteiger partial charge in [0.1, 0.15) is 11.6 Å². The maximum absolute atomic E-state index is 12.0. The van der Waals surface area contributed by atoms with Crippen LogP contribution < -0.4 is 32.7 Å². The van der Waals surface area contributed by atoms with E-state index >= 15 is 0 Å². The topological polar surface area (TPSA) is 186 Å². The highest BCUT2D eigenvalue weighted by Gasteiger charge is 2.27. The lowest BCUT2D eigenvalue weighted by Crippen LogP contribution is -2.37. The molecule has 2 heterocycles. The molecule has 0 spiro atoms. The van der Waals surface area contributed by atoms with E-state index in [1.807, 2.05) is 0 Å². The molecule has 2 amide bonds. The van der Waals surface area contributed by atoms with Crippen LogP contribution in [0, 0.1) is 10.8 Å². The number of hydrogen-bond donors (Lipinski definition) is 6. The lowest BCUT2D eigenvalue weighted by Gasteiger charge is -2.32. The van der Waals surface area contributed by atoms with Crippen LogP contribution in [0.3, 0.4) is 0 Å². The molecule has 2 aromatic heterocycles. The Morgan fingerprint density at radius 3 is 1.73 bits per heavy atom. The molecule has 204 valence electrons. The number of rotatable bonds is 12. The summed E-state index contributed by atoms with van der Waals surface area (Å²) < 4.78 is 0. The minimum atomic E-state index is -0.612. The second kappa shape index (κ2) is 12.0. The maximum Gasteiger partial charge on any atom is 0.254 e. The zero-order valence-corrected chi connectivity index (χ0v) is 23.2.